The van der Waals surface area contributed by atoms with Gasteiger partial charge >= 0.3 is 0 Å². The molecule has 0 aliphatic heterocycles. The molecule has 7 heteroatoms. The zero-order valence-electron chi connectivity index (χ0n) is 12.8. The van der Waals surface area contributed by atoms with E-state index in [0.717, 1.165) is 5.75 Å². The van der Waals surface area contributed by atoms with Gasteiger partial charge in [-0.15, -0.1) is 0 Å². The van der Waals surface area contributed by atoms with E-state index in [4.69, 9.17) is 4.42 Å². The van der Waals surface area contributed by atoms with Gasteiger partial charge in [0, 0.05) is 19.8 Å². The van der Waals surface area contributed by atoms with E-state index >= 15 is 0 Å². The van der Waals surface area contributed by atoms with Crippen molar-refractivity contribution in [3.05, 3.63) is 54.1 Å². The highest BCUT2D eigenvalue weighted by atomic mass is 32.2. The van der Waals surface area contributed by atoms with Crippen molar-refractivity contribution in [1.29, 1.82) is 0 Å². The molecular formula is C16H16N2O3S2. The van der Waals surface area contributed by atoms with Gasteiger partial charge in [0.15, 0.2) is 5.58 Å². The Hall–Kier alpha value is -1.83. The maximum Gasteiger partial charge on any atom is 0.257 e. The lowest BCUT2D eigenvalue weighted by molar-refractivity contribution is 0.489. The number of oxazole rings is 1. The summed E-state index contributed by atoms with van der Waals surface area (Å²) in [6.45, 7) is 0. The smallest absolute Gasteiger partial charge is 0.257 e. The summed E-state index contributed by atoms with van der Waals surface area (Å²) in [5, 5.41) is 0.531. The number of fused-ring (bicyclic) bond motifs is 1. The molecule has 0 aliphatic carbocycles. The van der Waals surface area contributed by atoms with E-state index in [1.807, 2.05) is 30.3 Å². The molecule has 2 aromatic carbocycles. The number of benzene rings is 2. The molecule has 120 valence electrons. The van der Waals surface area contributed by atoms with Gasteiger partial charge in [-0.3, -0.25) is 0 Å². The molecule has 1 heterocycles. The third kappa shape index (κ3) is 3.41. The summed E-state index contributed by atoms with van der Waals surface area (Å²) >= 11 is 1.48. The first kappa shape index (κ1) is 16.0. The zero-order chi connectivity index (χ0) is 16.4. The average Bonchev–Trinajstić information content (AvgIpc) is 2.95. The first-order valence-corrected chi connectivity index (χ1v) is 9.39. The molecule has 0 amide bonds. The van der Waals surface area contributed by atoms with Crippen molar-refractivity contribution in [1.82, 2.24) is 9.29 Å². The van der Waals surface area contributed by atoms with Crippen LogP contribution in [0.5, 0.6) is 0 Å². The molecule has 0 bridgehead atoms. The minimum atomic E-state index is -3.47. The number of hydrogen-bond acceptors (Lipinski definition) is 5. The Kier molecular flexibility index (Phi) is 4.43. The van der Waals surface area contributed by atoms with Crippen LogP contribution in [0, 0.1) is 0 Å². The lowest BCUT2D eigenvalue weighted by Gasteiger charge is -2.10. The average molecular weight is 348 g/mol. The Morgan fingerprint density at radius 2 is 1.87 bits per heavy atom. The summed E-state index contributed by atoms with van der Waals surface area (Å²) in [7, 11) is -0.463. The molecule has 23 heavy (non-hydrogen) atoms. The molecule has 1 aromatic heterocycles. The van der Waals surface area contributed by atoms with E-state index in [-0.39, 0.29) is 4.90 Å². The van der Waals surface area contributed by atoms with Crippen molar-refractivity contribution >= 4 is 32.9 Å². The summed E-state index contributed by atoms with van der Waals surface area (Å²) in [6, 6.07) is 14.7. The molecule has 0 unspecified atom stereocenters. The van der Waals surface area contributed by atoms with Crippen molar-refractivity contribution in [3.8, 4) is 0 Å². The molecular weight excluding hydrogens is 332 g/mol. The van der Waals surface area contributed by atoms with Crippen LogP contribution in [0.4, 0.5) is 0 Å². The topological polar surface area (TPSA) is 63.4 Å². The fourth-order valence-electron chi connectivity index (χ4n) is 2.04. The molecule has 0 N–H and O–H groups in total. The number of thioether (sulfide) groups is 1. The lowest BCUT2D eigenvalue weighted by Crippen LogP contribution is -2.22. The predicted molar refractivity (Wildman–Crippen MR) is 90.9 cm³/mol. The van der Waals surface area contributed by atoms with E-state index in [9.17, 15) is 8.42 Å². The van der Waals surface area contributed by atoms with E-state index < -0.39 is 10.0 Å². The van der Waals surface area contributed by atoms with Crippen LogP contribution < -0.4 is 0 Å². The summed E-state index contributed by atoms with van der Waals surface area (Å²) in [4.78, 5) is 4.59. The molecule has 3 aromatic rings. The Bertz CT molecular complexity index is 919. The van der Waals surface area contributed by atoms with Gasteiger partial charge in [-0.05, 0) is 23.8 Å². The normalized spacial score (nSPS) is 12.1. The number of nitrogens with zero attached hydrogens (tertiary/aromatic N) is 2. The highest BCUT2D eigenvalue weighted by Crippen LogP contribution is 2.28. The highest BCUT2D eigenvalue weighted by molar-refractivity contribution is 7.98. The van der Waals surface area contributed by atoms with Crippen molar-refractivity contribution in [2.45, 2.75) is 15.9 Å². The third-order valence-electron chi connectivity index (χ3n) is 3.32. The molecule has 0 aliphatic rings. The largest absolute Gasteiger partial charge is 0.431 e. The number of aromatic nitrogens is 1. The van der Waals surface area contributed by atoms with E-state index in [1.54, 1.807) is 12.1 Å². The fraction of sp³-hybridized carbons (Fsp3) is 0.188. The van der Waals surface area contributed by atoms with Gasteiger partial charge in [-0.2, -0.15) is 0 Å². The molecule has 0 saturated carbocycles. The van der Waals surface area contributed by atoms with Crippen LogP contribution in [0.15, 0.2) is 63.1 Å². The van der Waals surface area contributed by atoms with Gasteiger partial charge < -0.3 is 4.42 Å². The minimum Gasteiger partial charge on any atom is -0.431 e. The van der Waals surface area contributed by atoms with Gasteiger partial charge in [0.25, 0.3) is 5.22 Å². The summed E-state index contributed by atoms with van der Waals surface area (Å²) in [5.41, 5.74) is 2.30. The molecule has 0 spiro atoms. The Balaban J connectivity index is 1.85. The van der Waals surface area contributed by atoms with Crippen molar-refractivity contribution in [3.63, 3.8) is 0 Å². The summed E-state index contributed by atoms with van der Waals surface area (Å²) < 4.78 is 31.2. The van der Waals surface area contributed by atoms with Gasteiger partial charge in [-0.1, -0.05) is 42.1 Å². The van der Waals surface area contributed by atoms with Gasteiger partial charge in [0.05, 0.1) is 4.90 Å². The van der Waals surface area contributed by atoms with E-state index in [0.29, 0.717) is 16.3 Å². The summed E-state index contributed by atoms with van der Waals surface area (Å²) in [6.07, 6.45) is 0. The highest BCUT2D eigenvalue weighted by Gasteiger charge is 2.18. The van der Waals surface area contributed by atoms with Gasteiger partial charge in [0.1, 0.15) is 5.52 Å². The van der Waals surface area contributed by atoms with Gasteiger partial charge in [0.2, 0.25) is 10.0 Å². The fourth-order valence-corrected chi connectivity index (χ4v) is 3.75. The molecule has 5 nitrogen and oxygen atoms in total. The quantitative estimate of drug-likeness (QED) is 0.662. The number of rotatable bonds is 5. The van der Waals surface area contributed by atoms with Gasteiger partial charge in [-0.25, -0.2) is 17.7 Å². The minimum absolute atomic E-state index is 0.211. The van der Waals surface area contributed by atoms with Crippen molar-refractivity contribution in [2.75, 3.05) is 14.1 Å². The first-order valence-electron chi connectivity index (χ1n) is 6.96. The standard InChI is InChI=1S/C16H16N2O3S2/c1-18(2)23(19,20)13-8-9-15-14(10-13)17-16(21-15)22-11-12-6-4-3-5-7-12/h3-10H,11H2,1-2H3. The van der Waals surface area contributed by atoms with Crippen LogP contribution in [0.3, 0.4) is 0 Å². The molecule has 0 radical (unpaired) electrons. The predicted octanol–water partition coefficient (Wildman–Crippen LogP) is 3.37. The van der Waals surface area contributed by atoms with Crippen LogP contribution in [0.1, 0.15) is 5.56 Å². The Morgan fingerprint density at radius 3 is 2.57 bits per heavy atom. The van der Waals surface area contributed by atoms with Crippen LogP contribution in [0.25, 0.3) is 11.1 Å². The Labute approximate surface area is 139 Å². The van der Waals surface area contributed by atoms with Crippen LogP contribution in [-0.4, -0.2) is 31.8 Å². The summed E-state index contributed by atoms with van der Waals surface area (Å²) in [5.74, 6) is 0.747. The second-order valence-corrected chi connectivity index (χ2v) is 8.25. The first-order chi connectivity index (χ1) is 11.0. The number of hydrogen-bond donors (Lipinski definition) is 0. The lowest BCUT2D eigenvalue weighted by atomic mass is 10.2. The molecule has 0 fully saturated rings. The molecule has 0 saturated heterocycles. The maximum absolute atomic E-state index is 12.2. The zero-order valence-corrected chi connectivity index (χ0v) is 14.4. The van der Waals surface area contributed by atoms with Crippen LogP contribution in [-0.2, 0) is 15.8 Å². The maximum atomic E-state index is 12.2. The monoisotopic (exact) mass is 348 g/mol. The van der Waals surface area contributed by atoms with E-state index in [1.165, 1.54) is 41.8 Å². The second-order valence-electron chi connectivity index (χ2n) is 5.17. The van der Waals surface area contributed by atoms with E-state index in [2.05, 4.69) is 4.98 Å². The van der Waals surface area contributed by atoms with Crippen LogP contribution in [0.2, 0.25) is 0 Å². The molecule has 3 rings (SSSR count). The van der Waals surface area contributed by atoms with Crippen molar-refractivity contribution in [2.24, 2.45) is 0 Å². The molecule has 0 atom stereocenters. The second kappa shape index (κ2) is 6.35. The SMILES string of the molecule is CN(C)S(=O)(=O)c1ccc2oc(SCc3ccccc3)nc2c1. The third-order valence-corrected chi connectivity index (χ3v) is 6.03. The van der Waals surface area contributed by atoms with Crippen LogP contribution >= 0.6 is 11.8 Å². The van der Waals surface area contributed by atoms with Crippen molar-refractivity contribution < 1.29 is 12.8 Å². The Morgan fingerprint density at radius 1 is 1.13 bits per heavy atom. The number of sulfonamides is 1.